The smallest absolute Gasteiger partial charge is 0.348 e. The minimum atomic E-state index is -0.747. The number of rotatable bonds is 3. The predicted molar refractivity (Wildman–Crippen MR) is 72.5 cm³/mol. The minimum Gasteiger partial charge on any atom is -0.378 e. The van der Waals surface area contributed by atoms with Crippen LogP contribution < -0.4 is 11.1 Å². The van der Waals surface area contributed by atoms with Gasteiger partial charge in [0.15, 0.2) is 0 Å². The van der Waals surface area contributed by atoms with Crippen molar-refractivity contribution in [2.45, 2.75) is 0 Å². The van der Waals surface area contributed by atoms with Crippen LogP contribution in [0.25, 0.3) is 0 Å². The van der Waals surface area contributed by atoms with Crippen molar-refractivity contribution in [2.24, 2.45) is 0 Å². The normalized spacial score (nSPS) is 9.80. The van der Waals surface area contributed by atoms with Crippen molar-refractivity contribution in [3.8, 4) is 6.07 Å². The number of nitrogens with zero attached hydrogens (tertiary/aromatic N) is 4. The van der Waals surface area contributed by atoms with Crippen LogP contribution in [0.4, 0.5) is 23.1 Å². The highest BCUT2D eigenvalue weighted by Gasteiger charge is 2.21. The van der Waals surface area contributed by atoms with Gasteiger partial charge in [-0.1, -0.05) is 11.6 Å². The van der Waals surface area contributed by atoms with Crippen LogP contribution in [0.15, 0.2) is 24.3 Å². The summed E-state index contributed by atoms with van der Waals surface area (Å²) in [5, 5.41) is 21.8. The van der Waals surface area contributed by atoms with Gasteiger partial charge in [-0.15, -0.1) is 0 Å². The van der Waals surface area contributed by atoms with E-state index in [1.165, 1.54) is 0 Å². The molecule has 1 aromatic heterocycles. The summed E-state index contributed by atoms with van der Waals surface area (Å²) in [6, 6.07) is 8.44. The fourth-order valence-electron chi connectivity index (χ4n) is 1.43. The molecular formula is C11H7ClN6O2. The molecular weight excluding hydrogens is 284 g/mol. The summed E-state index contributed by atoms with van der Waals surface area (Å²) in [4.78, 5) is 17.5. The fraction of sp³-hybridized carbons (Fsp3) is 0. The molecule has 0 amide bonds. The molecule has 8 nitrogen and oxygen atoms in total. The Bertz CT molecular complexity index is 687. The maximum absolute atomic E-state index is 10.7. The van der Waals surface area contributed by atoms with E-state index in [9.17, 15) is 10.1 Å². The molecule has 1 heterocycles. The van der Waals surface area contributed by atoms with E-state index in [0.29, 0.717) is 11.3 Å². The van der Waals surface area contributed by atoms with Gasteiger partial charge < -0.3 is 11.1 Å². The predicted octanol–water partition coefficient (Wildman–Crippen LogP) is 2.24. The Morgan fingerprint density at radius 2 is 2.00 bits per heavy atom. The Morgan fingerprint density at radius 1 is 1.35 bits per heavy atom. The lowest BCUT2D eigenvalue weighted by atomic mass is 10.2. The second kappa shape index (κ2) is 5.38. The molecule has 0 unspecified atom stereocenters. The minimum absolute atomic E-state index is 0.0304. The first-order valence-corrected chi connectivity index (χ1v) is 5.63. The molecule has 3 N–H and O–H groups in total. The van der Waals surface area contributed by atoms with Gasteiger partial charge in [0.05, 0.1) is 16.6 Å². The summed E-state index contributed by atoms with van der Waals surface area (Å²) in [7, 11) is 0. The van der Waals surface area contributed by atoms with Crippen LogP contribution >= 0.6 is 11.6 Å². The summed E-state index contributed by atoms with van der Waals surface area (Å²) < 4.78 is 0. The number of anilines is 3. The van der Waals surface area contributed by atoms with Crippen molar-refractivity contribution in [3.63, 3.8) is 0 Å². The van der Waals surface area contributed by atoms with Crippen molar-refractivity contribution in [2.75, 3.05) is 11.1 Å². The van der Waals surface area contributed by atoms with Crippen LogP contribution in [0, 0.1) is 21.4 Å². The van der Waals surface area contributed by atoms with E-state index in [0.717, 1.165) is 0 Å². The molecule has 100 valence electrons. The van der Waals surface area contributed by atoms with E-state index in [2.05, 4.69) is 15.3 Å². The molecule has 0 atom stereocenters. The van der Waals surface area contributed by atoms with Gasteiger partial charge in [-0.25, -0.2) is 0 Å². The highest BCUT2D eigenvalue weighted by molar-refractivity contribution is 6.32. The number of benzene rings is 1. The quantitative estimate of drug-likeness (QED) is 0.503. The molecule has 0 aliphatic heterocycles. The second-order valence-corrected chi connectivity index (χ2v) is 4.00. The molecule has 9 heteroatoms. The third-order valence-corrected chi connectivity index (χ3v) is 2.58. The third kappa shape index (κ3) is 2.73. The SMILES string of the molecule is N#Cc1ccc(Nc2nc(N)c([N+](=O)[O-])c(Cl)n2)cc1. The number of hydrogen-bond donors (Lipinski definition) is 2. The highest BCUT2D eigenvalue weighted by atomic mass is 35.5. The Morgan fingerprint density at radius 3 is 2.50 bits per heavy atom. The third-order valence-electron chi connectivity index (χ3n) is 2.32. The molecule has 0 saturated heterocycles. The van der Waals surface area contributed by atoms with E-state index in [1.54, 1.807) is 24.3 Å². The standard InChI is InChI=1S/C11H7ClN6O2/c12-9-8(18(19)20)10(14)17-11(16-9)15-7-3-1-6(5-13)2-4-7/h1-4H,(H3,14,15,16,17). The summed E-state index contributed by atoms with van der Waals surface area (Å²) in [6.07, 6.45) is 0. The van der Waals surface area contributed by atoms with E-state index >= 15 is 0 Å². The highest BCUT2D eigenvalue weighted by Crippen LogP contribution is 2.29. The molecule has 1 aromatic carbocycles. The van der Waals surface area contributed by atoms with Gasteiger partial charge in [0.1, 0.15) is 0 Å². The maximum Gasteiger partial charge on any atom is 0.348 e. The number of nitriles is 1. The van der Waals surface area contributed by atoms with E-state index in [1.807, 2.05) is 6.07 Å². The Hall–Kier alpha value is -2.92. The first-order valence-electron chi connectivity index (χ1n) is 5.26. The first kappa shape index (κ1) is 13.5. The van der Waals surface area contributed by atoms with Gasteiger partial charge in [-0.2, -0.15) is 15.2 Å². The van der Waals surface area contributed by atoms with Gasteiger partial charge in [-0.05, 0) is 24.3 Å². The summed E-state index contributed by atoms with van der Waals surface area (Å²) in [5.41, 5.74) is 6.02. The number of nitro groups is 1. The van der Waals surface area contributed by atoms with Gasteiger partial charge in [0.2, 0.25) is 16.9 Å². The van der Waals surface area contributed by atoms with Gasteiger partial charge in [0.25, 0.3) is 0 Å². The number of aromatic nitrogens is 2. The average Bonchev–Trinajstić information content (AvgIpc) is 2.38. The molecule has 0 aliphatic rings. The zero-order valence-electron chi connectivity index (χ0n) is 9.87. The monoisotopic (exact) mass is 290 g/mol. The Kier molecular flexibility index (Phi) is 3.63. The van der Waals surface area contributed by atoms with Crippen LogP contribution in [0.5, 0.6) is 0 Å². The molecule has 2 rings (SSSR count). The lowest BCUT2D eigenvalue weighted by molar-refractivity contribution is -0.384. The van der Waals surface area contributed by atoms with Gasteiger partial charge in [0, 0.05) is 5.69 Å². The molecule has 0 saturated carbocycles. The molecule has 0 radical (unpaired) electrons. The maximum atomic E-state index is 10.7. The summed E-state index contributed by atoms with van der Waals surface area (Å²) in [5.74, 6) is -0.297. The van der Waals surface area contributed by atoms with Crippen LogP contribution in [0.2, 0.25) is 5.15 Å². The van der Waals surface area contributed by atoms with Gasteiger partial charge >= 0.3 is 5.69 Å². The average molecular weight is 291 g/mol. The largest absolute Gasteiger partial charge is 0.378 e. The summed E-state index contributed by atoms with van der Waals surface area (Å²) >= 11 is 5.69. The number of nitrogen functional groups attached to an aromatic ring is 1. The molecule has 0 spiro atoms. The van der Waals surface area contributed by atoms with E-state index in [-0.39, 0.29) is 16.9 Å². The van der Waals surface area contributed by atoms with Crippen LogP contribution in [0.1, 0.15) is 5.56 Å². The zero-order valence-corrected chi connectivity index (χ0v) is 10.6. The van der Waals surface area contributed by atoms with Crippen LogP contribution in [-0.4, -0.2) is 14.9 Å². The molecule has 2 aromatic rings. The van der Waals surface area contributed by atoms with Crippen molar-refractivity contribution >= 4 is 34.7 Å². The lowest BCUT2D eigenvalue weighted by Crippen LogP contribution is -2.05. The van der Waals surface area contributed by atoms with Crippen LogP contribution in [0.3, 0.4) is 0 Å². The van der Waals surface area contributed by atoms with E-state index in [4.69, 9.17) is 22.6 Å². The fourth-order valence-corrected chi connectivity index (χ4v) is 1.67. The van der Waals surface area contributed by atoms with Crippen molar-refractivity contribution in [1.29, 1.82) is 5.26 Å². The number of hydrogen-bond acceptors (Lipinski definition) is 7. The second-order valence-electron chi connectivity index (χ2n) is 3.64. The lowest BCUT2D eigenvalue weighted by Gasteiger charge is -2.06. The number of halogens is 1. The van der Waals surface area contributed by atoms with Crippen molar-refractivity contribution in [3.05, 3.63) is 45.1 Å². The zero-order chi connectivity index (χ0) is 14.7. The first-order chi connectivity index (χ1) is 9.51. The topological polar surface area (TPSA) is 131 Å². The van der Waals surface area contributed by atoms with Crippen molar-refractivity contribution in [1.82, 2.24) is 9.97 Å². The molecule has 20 heavy (non-hydrogen) atoms. The number of nitrogens with two attached hydrogens (primary N) is 1. The molecule has 0 bridgehead atoms. The van der Waals surface area contributed by atoms with Crippen molar-refractivity contribution < 1.29 is 4.92 Å². The summed E-state index contributed by atoms with van der Waals surface area (Å²) in [6.45, 7) is 0. The molecule has 0 aliphatic carbocycles. The van der Waals surface area contributed by atoms with Gasteiger partial charge in [-0.3, -0.25) is 10.1 Å². The Balaban J connectivity index is 2.30. The van der Waals surface area contributed by atoms with E-state index < -0.39 is 10.6 Å². The molecule has 0 fully saturated rings. The van der Waals surface area contributed by atoms with Crippen LogP contribution in [-0.2, 0) is 0 Å². The number of nitrogens with one attached hydrogen (secondary N) is 1. The Labute approximate surface area is 118 Å².